The van der Waals surface area contributed by atoms with E-state index in [0.717, 1.165) is 12.0 Å². The lowest BCUT2D eigenvalue weighted by Crippen LogP contribution is -2.33. The van der Waals surface area contributed by atoms with Gasteiger partial charge in [-0.3, -0.25) is 4.21 Å². The highest BCUT2D eigenvalue weighted by molar-refractivity contribution is 7.84. The second-order valence-electron chi connectivity index (χ2n) is 5.30. The van der Waals surface area contributed by atoms with Crippen LogP contribution >= 0.6 is 0 Å². The molecule has 102 valence electrons. The second-order valence-corrected chi connectivity index (χ2v) is 6.80. The molecule has 0 heterocycles. The molecular formula is C15H25NOS. The van der Waals surface area contributed by atoms with Crippen LogP contribution in [0.5, 0.6) is 0 Å². The summed E-state index contributed by atoms with van der Waals surface area (Å²) in [6.07, 6.45) is 1.04. The molecule has 2 N–H and O–H groups in total. The van der Waals surface area contributed by atoms with Crippen molar-refractivity contribution in [2.75, 3.05) is 5.75 Å². The van der Waals surface area contributed by atoms with Crippen molar-refractivity contribution >= 4 is 10.8 Å². The van der Waals surface area contributed by atoms with Gasteiger partial charge in [-0.25, -0.2) is 0 Å². The highest BCUT2D eigenvalue weighted by Crippen LogP contribution is 2.13. The zero-order valence-corrected chi connectivity index (χ0v) is 12.7. The summed E-state index contributed by atoms with van der Waals surface area (Å²) in [5.41, 5.74) is 9.66. The van der Waals surface area contributed by atoms with Crippen molar-refractivity contribution < 1.29 is 4.21 Å². The first-order valence-corrected chi connectivity index (χ1v) is 8.09. The zero-order valence-electron chi connectivity index (χ0n) is 11.9. The van der Waals surface area contributed by atoms with Gasteiger partial charge in [0.15, 0.2) is 0 Å². The maximum Gasteiger partial charge on any atom is 0.0486 e. The molecule has 3 atom stereocenters. The van der Waals surface area contributed by atoms with E-state index in [1.165, 1.54) is 11.1 Å². The summed E-state index contributed by atoms with van der Waals surface area (Å²) in [6, 6.07) is 6.40. The van der Waals surface area contributed by atoms with Crippen LogP contribution in [-0.4, -0.2) is 16.0 Å². The van der Waals surface area contributed by atoms with E-state index in [2.05, 4.69) is 45.9 Å². The molecule has 0 amide bonds. The molecular weight excluding hydrogens is 242 g/mol. The van der Waals surface area contributed by atoms with Crippen molar-refractivity contribution in [1.82, 2.24) is 0 Å². The van der Waals surface area contributed by atoms with Gasteiger partial charge >= 0.3 is 0 Å². The number of hydrogen-bond donors (Lipinski definition) is 1. The molecule has 1 aromatic carbocycles. The van der Waals surface area contributed by atoms with Crippen LogP contribution in [0, 0.1) is 19.8 Å². The van der Waals surface area contributed by atoms with Gasteiger partial charge in [-0.05, 0) is 25.3 Å². The van der Waals surface area contributed by atoms with E-state index in [9.17, 15) is 4.21 Å². The molecule has 3 heteroatoms. The van der Waals surface area contributed by atoms with Crippen LogP contribution in [0.1, 0.15) is 37.0 Å². The van der Waals surface area contributed by atoms with E-state index >= 15 is 0 Å². The van der Waals surface area contributed by atoms with E-state index in [4.69, 9.17) is 5.73 Å². The Labute approximate surface area is 113 Å². The largest absolute Gasteiger partial charge is 0.327 e. The Morgan fingerprint density at radius 2 is 1.78 bits per heavy atom. The molecule has 0 saturated carbocycles. The SMILES string of the molecule is CCC(C)C(N)CS(=O)Cc1cc(C)cc(C)c1. The molecule has 0 aliphatic heterocycles. The molecule has 3 unspecified atom stereocenters. The van der Waals surface area contributed by atoms with Crippen molar-refractivity contribution in [3.8, 4) is 0 Å². The van der Waals surface area contributed by atoms with Gasteiger partial charge in [-0.1, -0.05) is 49.6 Å². The Morgan fingerprint density at radius 3 is 2.28 bits per heavy atom. The summed E-state index contributed by atoms with van der Waals surface area (Å²) in [5, 5.41) is 0. The third-order valence-corrected chi connectivity index (χ3v) is 4.77. The molecule has 0 aliphatic carbocycles. The first kappa shape index (κ1) is 15.4. The first-order chi connectivity index (χ1) is 8.42. The van der Waals surface area contributed by atoms with Crippen LogP contribution in [0.2, 0.25) is 0 Å². The molecule has 2 nitrogen and oxygen atoms in total. The number of nitrogens with two attached hydrogens (primary N) is 1. The lowest BCUT2D eigenvalue weighted by atomic mass is 10.0. The monoisotopic (exact) mass is 267 g/mol. The van der Waals surface area contributed by atoms with Crippen molar-refractivity contribution in [3.05, 3.63) is 34.9 Å². The Morgan fingerprint density at radius 1 is 1.22 bits per heavy atom. The lowest BCUT2D eigenvalue weighted by Gasteiger charge is -2.17. The minimum Gasteiger partial charge on any atom is -0.327 e. The maximum atomic E-state index is 12.1. The standard InChI is InChI=1S/C15H25NOS/c1-5-13(4)15(16)10-18(17)9-14-7-11(2)6-12(3)8-14/h6-8,13,15H,5,9-10,16H2,1-4H3. The highest BCUT2D eigenvalue weighted by Gasteiger charge is 2.14. The predicted molar refractivity (Wildman–Crippen MR) is 80.1 cm³/mol. The van der Waals surface area contributed by atoms with Crippen molar-refractivity contribution in [2.24, 2.45) is 11.7 Å². The van der Waals surface area contributed by atoms with Crippen LogP contribution in [0.25, 0.3) is 0 Å². The number of aryl methyl sites for hydroxylation is 2. The number of rotatable bonds is 6. The summed E-state index contributed by atoms with van der Waals surface area (Å²) < 4.78 is 12.1. The number of hydrogen-bond acceptors (Lipinski definition) is 2. The van der Waals surface area contributed by atoms with Gasteiger partial charge in [0.1, 0.15) is 0 Å². The molecule has 0 spiro atoms. The van der Waals surface area contributed by atoms with E-state index in [0.29, 0.717) is 17.4 Å². The Balaban J connectivity index is 2.59. The minimum absolute atomic E-state index is 0.0433. The van der Waals surface area contributed by atoms with Gasteiger partial charge in [0.25, 0.3) is 0 Å². The van der Waals surface area contributed by atoms with Gasteiger partial charge in [-0.2, -0.15) is 0 Å². The van der Waals surface area contributed by atoms with Gasteiger partial charge in [-0.15, -0.1) is 0 Å². The molecule has 0 aromatic heterocycles. The van der Waals surface area contributed by atoms with Crippen molar-refractivity contribution in [1.29, 1.82) is 0 Å². The Hall–Kier alpha value is -0.670. The van der Waals surface area contributed by atoms with Crippen molar-refractivity contribution in [3.63, 3.8) is 0 Å². The van der Waals surface area contributed by atoms with Gasteiger partial charge < -0.3 is 5.73 Å². The normalized spacial score (nSPS) is 16.3. The summed E-state index contributed by atoms with van der Waals surface area (Å²) in [4.78, 5) is 0. The smallest absolute Gasteiger partial charge is 0.0486 e. The fourth-order valence-corrected chi connectivity index (χ4v) is 3.49. The molecule has 0 radical (unpaired) electrons. The Bertz CT molecular complexity index is 397. The van der Waals surface area contributed by atoms with Crippen LogP contribution in [0.4, 0.5) is 0 Å². The molecule has 0 bridgehead atoms. The number of benzene rings is 1. The average Bonchev–Trinajstić information content (AvgIpc) is 2.25. The summed E-state index contributed by atoms with van der Waals surface area (Å²) in [7, 11) is -0.865. The van der Waals surface area contributed by atoms with Gasteiger partial charge in [0.05, 0.1) is 0 Å². The lowest BCUT2D eigenvalue weighted by molar-refractivity contribution is 0.472. The van der Waals surface area contributed by atoms with E-state index < -0.39 is 10.8 Å². The van der Waals surface area contributed by atoms with E-state index in [1.807, 2.05) is 0 Å². The fraction of sp³-hybridized carbons (Fsp3) is 0.600. The van der Waals surface area contributed by atoms with Crippen LogP contribution in [0.3, 0.4) is 0 Å². The molecule has 1 rings (SSSR count). The molecule has 18 heavy (non-hydrogen) atoms. The fourth-order valence-electron chi connectivity index (χ4n) is 2.08. The van der Waals surface area contributed by atoms with Crippen LogP contribution in [0.15, 0.2) is 18.2 Å². The Kier molecular flexibility index (Phi) is 6.03. The van der Waals surface area contributed by atoms with E-state index in [-0.39, 0.29) is 6.04 Å². The second kappa shape index (κ2) is 7.05. The molecule has 1 aromatic rings. The average molecular weight is 267 g/mol. The minimum atomic E-state index is -0.865. The van der Waals surface area contributed by atoms with Gasteiger partial charge in [0.2, 0.25) is 0 Å². The molecule has 0 fully saturated rings. The predicted octanol–water partition coefficient (Wildman–Crippen LogP) is 2.93. The summed E-state index contributed by atoms with van der Waals surface area (Å²) in [6.45, 7) is 8.39. The summed E-state index contributed by atoms with van der Waals surface area (Å²) in [5.74, 6) is 1.66. The molecule has 0 aliphatic rings. The maximum absolute atomic E-state index is 12.1. The topological polar surface area (TPSA) is 43.1 Å². The zero-order chi connectivity index (χ0) is 13.7. The quantitative estimate of drug-likeness (QED) is 0.861. The highest BCUT2D eigenvalue weighted by atomic mass is 32.2. The van der Waals surface area contributed by atoms with Crippen molar-refractivity contribution in [2.45, 2.75) is 45.9 Å². The molecule has 0 saturated heterocycles. The summed E-state index contributed by atoms with van der Waals surface area (Å²) >= 11 is 0. The first-order valence-electron chi connectivity index (χ1n) is 6.60. The van der Waals surface area contributed by atoms with Crippen LogP contribution < -0.4 is 5.73 Å². The van der Waals surface area contributed by atoms with E-state index in [1.54, 1.807) is 0 Å². The third-order valence-electron chi connectivity index (χ3n) is 3.36. The van der Waals surface area contributed by atoms with Gasteiger partial charge in [0, 0.05) is 28.3 Å². The third kappa shape index (κ3) is 4.91. The van der Waals surface area contributed by atoms with Crippen LogP contribution in [-0.2, 0) is 16.6 Å².